The number of hydrogen-bond acceptors (Lipinski definition) is 1. The van der Waals surface area contributed by atoms with E-state index in [1.54, 1.807) is 6.07 Å². The minimum absolute atomic E-state index is 0.0693. The lowest BCUT2D eigenvalue weighted by Crippen LogP contribution is -2.18. The van der Waals surface area contributed by atoms with Crippen LogP contribution in [0.15, 0.2) is 193 Å². The van der Waals surface area contributed by atoms with E-state index in [4.69, 9.17) is 0 Å². The van der Waals surface area contributed by atoms with Crippen LogP contribution in [0.2, 0.25) is 0 Å². The Morgan fingerprint density at radius 3 is 1.41 bits per heavy atom. The average molecular weight is 654 g/mol. The minimum atomic E-state index is -0.0693. The molecule has 0 unspecified atom stereocenters. The van der Waals surface area contributed by atoms with Crippen LogP contribution in [0.4, 0.5) is 0 Å². The van der Waals surface area contributed by atoms with Crippen molar-refractivity contribution < 1.29 is 0 Å². The molecule has 7 aromatic carbocycles. The Morgan fingerprint density at radius 2 is 0.784 bits per heavy atom. The fourth-order valence-corrected chi connectivity index (χ4v) is 7.82. The molecule has 0 amide bonds. The fraction of sp³-hybridized carbons (Fsp3) is 0. The van der Waals surface area contributed by atoms with E-state index in [-0.39, 0.29) is 5.56 Å². The molecular formula is C47H31N3O. The number of benzene rings is 7. The standard InChI is InChI=1S/C47H31N3O/c51-45-31-39(32-15-5-1-6-16-32)46-47(50(45)37-21-11-4-12-22-37)41-30-34(26-28-44(41)49(46)36-19-9-3-10-20-36)33-25-27-43-40(29-33)38-23-13-14-24-42(38)48(43)35-17-7-2-8-18-35/h1-31H. The highest BCUT2D eigenvalue weighted by molar-refractivity contribution is 6.14. The predicted octanol–water partition coefficient (Wildman–Crippen LogP) is 11.4. The molecule has 0 saturated carbocycles. The molecule has 0 aliphatic carbocycles. The van der Waals surface area contributed by atoms with Crippen LogP contribution in [-0.2, 0) is 0 Å². The Kier molecular flexibility index (Phi) is 6.61. The monoisotopic (exact) mass is 653 g/mol. The first-order chi connectivity index (χ1) is 25.2. The molecule has 4 nitrogen and oxygen atoms in total. The number of hydrogen-bond donors (Lipinski definition) is 0. The molecule has 0 bridgehead atoms. The second-order valence-corrected chi connectivity index (χ2v) is 13.0. The number of nitrogens with zero attached hydrogens (tertiary/aromatic N) is 3. The van der Waals surface area contributed by atoms with E-state index in [1.165, 1.54) is 21.8 Å². The average Bonchev–Trinajstić information content (AvgIpc) is 3.71. The lowest BCUT2D eigenvalue weighted by Gasteiger charge is -2.14. The van der Waals surface area contributed by atoms with Crippen LogP contribution < -0.4 is 5.56 Å². The molecule has 3 aromatic heterocycles. The first-order valence-electron chi connectivity index (χ1n) is 17.2. The van der Waals surface area contributed by atoms with Gasteiger partial charge in [0, 0.05) is 44.9 Å². The van der Waals surface area contributed by atoms with Gasteiger partial charge in [0.15, 0.2) is 0 Å². The number of aromatic nitrogens is 3. The summed E-state index contributed by atoms with van der Waals surface area (Å²) in [5, 5.41) is 3.42. The molecule has 0 saturated heterocycles. The van der Waals surface area contributed by atoms with Crippen molar-refractivity contribution in [3.05, 3.63) is 198 Å². The number of fused-ring (bicyclic) bond motifs is 6. The Labute approximate surface area is 294 Å². The summed E-state index contributed by atoms with van der Waals surface area (Å²) in [4.78, 5) is 14.3. The SMILES string of the molecule is O=c1cc(-c2ccccc2)c2c(c3cc(-c4ccc5c(c4)c4ccccc4n5-c4ccccc4)ccc3n2-c2ccccc2)n1-c1ccccc1. The minimum Gasteiger partial charge on any atom is -0.309 e. The smallest absolute Gasteiger partial charge is 0.256 e. The van der Waals surface area contributed by atoms with Crippen LogP contribution >= 0.6 is 0 Å². The quantitative estimate of drug-likeness (QED) is 0.182. The van der Waals surface area contributed by atoms with Gasteiger partial charge in [0.1, 0.15) is 0 Å². The summed E-state index contributed by atoms with van der Waals surface area (Å²) >= 11 is 0. The molecule has 51 heavy (non-hydrogen) atoms. The molecule has 0 N–H and O–H groups in total. The highest BCUT2D eigenvalue weighted by Gasteiger charge is 2.23. The van der Waals surface area contributed by atoms with E-state index in [0.717, 1.165) is 61.3 Å². The van der Waals surface area contributed by atoms with Gasteiger partial charge >= 0.3 is 0 Å². The van der Waals surface area contributed by atoms with Gasteiger partial charge in [-0.15, -0.1) is 0 Å². The zero-order valence-electron chi connectivity index (χ0n) is 27.6. The maximum Gasteiger partial charge on any atom is 0.256 e. The van der Waals surface area contributed by atoms with E-state index < -0.39 is 0 Å². The molecule has 10 aromatic rings. The van der Waals surface area contributed by atoms with Gasteiger partial charge in [0.2, 0.25) is 0 Å². The van der Waals surface area contributed by atoms with Gasteiger partial charge in [0.25, 0.3) is 5.56 Å². The van der Waals surface area contributed by atoms with Gasteiger partial charge in [0.05, 0.1) is 27.6 Å². The second-order valence-electron chi connectivity index (χ2n) is 13.0. The van der Waals surface area contributed by atoms with Crippen molar-refractivity contribution in [3.8, 4) is 39.3 Å². The van der Waals surface area contributed by atoms with E-state index in [9.17, 15) is 4.79 Å². The molecular weight excluding hydrogens is 623 g/mol. The van der Waals surface area contributed by atoms with Gasteiger partial charge in [-0.05, 0) is 83.4 Å². The predicted molar refractivity (Wildman–Crippen MR) is 212 cm³/mol. The van der Waals surface area contributed by atoms with Gasteiger partial charge < -0.3 is 9.13 Å². The summed E-state index contributed by atoms with van der Waals surface area (Å²) in [7, 11) is 0. The zero-order chi connectivity index (χ0) is 33.9. The Bertz CT molecular complexity index is 2960. The lowest BCUT2D eigenvalue weighted by molar-refractivity contribution is 1.04. The highest BCUT2D eigenvalue weighted by Crippen LogP contribution is 2.41. The van der Waals surface area contributed by atoms with Crippen LogP contribution in [0.3, 0.4) is 0 Å². The van der Waals surface area contributed by atoms with Crippen molar-refractivity contribution in [2.45, 2.75) is 0 Å². The first kappa shape index (κ1) is 29.0. The van der Waals surface area contributed by atoms with E-state index in [1.807, 2.05) is 59.2 Å². The molecule has 0 fully saturated rings. The summed E-state index contributed by atoms with van der Waals surface area (Å²) in [5.41, 5.74) is 12.3. The van der Waals surface area contributed by atoms with Gasteiger partial charge in [-0.1, -0.05) is 115 Å². The Hall–Kier alpha value is -6.91. The third-order valence-electron chi connectivity index (χ3n) is 10.0. The Morgan fingerprint density at radius 1 is 0.314 bits per heavy atom. The van der Waals surface area contributed by atoms with E-state index >= 15 is 0 Å². The molecule has 4 heteroatoms. The summed E-state index contributed by atoms with van der Waals surface area (Å²) in [6.07, 6.45) is 0. The topological polar surface area (TPSA) is 31.9 Å². The molecule has 0 radical (unpaired) electrons. The van der Waals surface area contributed by atoms with Crippen LogP contribution in [0.1, 0.15) is 0 Å². The summed E-state index contributed by atoms with van der Waals surface area (Å²) in [5.74, 6) is 0. The van der Waals surface area contributed by atoms with E-state index in [2.05, 4.69) is 137 Å². The molecule has 10 rings (SSSR count). The van der Waals surface area contributed by atoms with Crippen molar-refractivity contribution in [2.24, 2.45) is 0 Å². The third-order valence-corrected chi connectivity index (χ3v) is 10.0. The lowest BCUT2D eigenvalue weighted by atomic mass is 10.0. The zero-order valence-corrected chi connectivity index (χ0v) is 27.6. The molecule has 0 aliphatic heterocycles. The maximum atomic E-state index is 14.3. The summed E-state index contributed by atoms with van der Waals surface area (Å²) in [6, 6.07) is 65.1. The number of para-hydroxylation sites is 4. The molecule has 0 spiro atoms. The summed E-state index contributed by atoms with van der Waals surface area (Å²) < 4.78 is 6.53. The van der Waals surface area contributed by atoms with Crippen LogP contribution in [0.5, 0.6) is 0 Å². The van der Waals surface area contributed by atoms with Crippen molar-refractivity contribution in [2.75, 3.05) is 0 Å². The van der Waals surface area contributed by atoms with Crippen LogP contribution in [-0.4, -0.2) is 13.7 Å². The van der Waals surface area contributed by atoms with Crippen molar-refractivity contribution >= 4 is 43.7 Å². The van der Waals surface area contributed by atoms with Crippen molar-refractivity contribution in [3.63, 3.8) is 0 Å². The maximum absolute atomic E-state index is 14.3. The normalized spacial score (nSPS) is 11.6. The largest absolute Gasteiger partial charge is 0.309 e. The Balaban J connectivity index is 1.30. The molecule has 3 heterocycles. The highest BCUT2D eigenvalue weighted by atomic mass is 16.1. The van der Waals surface area contributed by atoms with Crippen LogP contribution in [0, 0.1) is 0 Å². The number of pyridine rings is 1. The summed E-state index contributed by atoms with van der Waals surface area (Å²) in [6.45, 7) is 0. The van der Waals surface area contributed by atoms with Crippen molar-refractivity contribution in [1.29, 1.82) is 0 Å². The van der Waals surface area contributed by atoms with Gasteiger partial charge in [-0.25, -0.2) is 0 Å². The first-order valence-corrected chi connectivity index (χ1v) is 17.2. The third kappa shape index (κ3) is 4.58. The second kappa shape index (κ2) is 11.6. The van der Waals surface area contributed by atoms with Crippen LogP contribution in [0.25, 0.3) is 83.1 Å². The molecule has 240 valence electrons. The van der Waals surface area contributed by atoms with Gasteiger partial charge in [-0.2, -0.15) is 0 Å². The van der Waals surface area contributed by atoms with Gasteiger partial charge in [-0.3, -0.25) is 9.36 Å². The van der Waals surface area contributed by atoms with Crippen molar-refractivity contribution in [1.82, 2.24) is 13.7 Å². The fourth-order valence-electron chi connectivity index (χ4n) is 7.82. The number of rotatable bonds is 5. The van der Waals surface area contributed by atoms with E-state index in [0.29, 0.717) is 0 Å². The molecule has 0 aliphatic rings. The molecule has 0 atom stereocenters.